The van der Waals surface area contributed by atoms with E-state index in [1.54, 1.807) is 12.1 Å². The number of benzene rings is 2. The number of carbonyl (C=O) groups is 2. The Morgan fingerprint density at radius 1 is 1.07 bits per heavy atom. The smallest absolute Gasteiger partial charge is 0.414 e. The summed E-state index contributed by atoms with van der Waals surface area (Å²) in [5, 5.41) is 2.63. The van der Waals surface area contributed by atoms with Crippen LogP contribution in [0, 0.1) is 5.82 Å². The van der Waals surface area contributed by atoms with Gasteiger partial charge in [0, 0.05) is 38.8 Å². The molecule has 7 nitrogen and oxygen atoms in total. The molecule has 0 saturated carbocycles. The van der Waals surface area contributed by atoms with Gasteiger partial charge in [-0.15, -0.1) is 0 Å². The molecule has 1 N–H and O–H groups in total. The maximum atomic E-state index is 14.9. The third-order valence-electron chi connectivity index (χ3n) is 5.44. The first-order valence-corrected chi connectivity index (χ1v) is 10.1. The maximum Gasteiger partial charge on any atom is 0.414 e. The molecule has 0 radical (unpaired) electrons. The SMILES string of the molecule is CC(=O)NC[C@H]1CN(c2ccc(N3CCN(c4ccccc4)CC3)c(F)c2)C(=O)O1. The highest BCUT2D eigenvalue weighted by Crippen LogP contribution is 2.29. The second-order valence-corrected chi connectivity index (χ2v) is 7.50. The Morgan fingerprint density at radius 2 is 1.77 bits per heavy atom. The van der Waals surface area contributed by atoms with E-state index < -0.39 is 12.2 Å². The third-order valence-corrected chi connectivity index (χ3v) is 5.44. The highest BCUT2D eigenvalue weighted by molar-refractivity contribution is 5.90. The molecule has 0 aliphatic carbocycles. The zero-order chi connectivity index (χ0) is 21.1. The van der Waals surface area contributed by atoms with Crippen molar-refractivity contribution >= 4 is 29.1 Å². The van der Waals surface area contributed by atoms with Crippen LogP contribution in [-0.4, -0.2) is 57.4 Å². The van der Waals surface area contributed by atoms with Crippen molar-refractivity contribution in [2.24, 2.45) is 0 Å². The number of cyclic esters (lactones) is 1. The van der Waals surface area contributed by atoms with Crippen molar-refractivity contribution in [3.63, 3.8) is 0 Å². The van der Waals surface area contributed by atoms with Crippen LogP contribution in [0.2, 0.25) is 0 Å². The largest absolute Gasteiger partial charge is 0.442 e. The number of carbonyl (C=O) groups excluding carboxylic acids is 2. The van der Waals surface area contributed by atoms with E-state index in [1.165, 1.54) is 23.6 Å². The molecule has 2 fully saturated rings. The van der Waals surface area contributed by atoms with Gasteiger partial charge in [-0.05, 0) is 30.3 Å². The summed E-state index contributed by atoms with van der Waals surface area (Å²) in [6.45, 7) is 4.98. The van der Waals surface area contributed by atoms with Gasteiger partial charge in [0.25, 0.3) is 0 Å². The minimum atomic E-state index is -0.533. The molecule has 0 spiro atoms. The van der Waals surface area contributed by atoms with Gasteiger partial charge in [-0.1, -0.05) is 18.2 Å². The molecule has 0 unspecified atom stereocenters. The standard InChI is InChI=1S/C22H25FN4O3/c1-16(28)24-14-19-15-27(22(29)30-19)18-7-8-21(20(23)13-18)26-11-9-25(10-12-26)17-5-3-2-4-6-17/h2-8,13,19H,9-12,14-15H2,1H3,(H,24,28)/t19-/m0/s1. The number of rotatable bonds is 5. The topological polar surface area (TPSA) is 65.1 Å². The minimum absolute atomic E-state index is 0.188. The van der Waals surface area contributed by atoms with Crippen LogP contribution in [0.1, 0.15) is 6.92 Å². The fraction of sp³-hybridized carbons (Fsp3) is 0.364. The predicted molar refractivity (Wildman–Crippen MR) is 114 cm³/mol. The lowest BCUT2D eigenvalue weighted by atomic mass is 10.2. The van der Waals surface area contributed by atoms with Gasteiger partial charge in [0.2, 0.25) is 5.91 Å². The molecule has 2 saturated heterocycles. The van der Waals surface area contributed by atoms with Gasteiger partial charge in [0.05, 0.1) is 24.5 Å². The van der Waals surface area contributed by atoms with Crippen molar-refractivity contribution in [2.75, 3.05) is 54.0 Å². The van der Waals surface area contributed by atoms with Gasteiger partial charge in [0.15, 0.2) is 0 Å². The van der Waals surface area contributed by atoms with Crippen LogP contribution in [0.4, 0.5) is 26.2 Å². The molecule has 4 rings (SSSR count). The van der Waals surface area contributed by atoms with Crippen LogP contribution in [0.25, 0.3) is 0 Å². The van der Waals surface area contributed by atoms with E-state index in [9.17, 15) is 14.0 Å². The number of amides is 2. The summed E-state index contributed by atoms with van der Waals surface area (Å²) in [4.78, 5) is 28.9. The van der Waals surface area contributed by atoms with Crippen LogP contribution in [0.15, 0.2) is 48.5 Å². The van der Waals surface area contributed by atoms with E-state index in [2.05, 4.69) is 22.3 Å². The van der Waals surface area contributed by atoms with E-state index in [1.807, 2.05) is 23.1 Å². The molecule has 2 amide bonds. The number of nitrogens with one attached hydrogen (secondary N) is 1. The molecule has 1 atom stereocenters. The second kappa shape index (κ2) is 8.61. The highest BCUT2D eigenvalue weighted by Gasteiger charge is 2.33. The number of anilines is 3. The number of hydrogen-bond donors (Lipinski definition) is 1. The normalized spacial score (nSPS) is 19.1. The Labute approximate surface area is 175 Å². The van der Waals surface area contributed by atoms with Gasteiger partial charge in [-0.3, -0.25) is 9.69 Å². The Bertz CT molecular complexity index is 916. The van der Waals surface area contributed by atoms with Crippen LogP contribution in [0.5, 0.6) is 0 Å². The summed E-state index contributed by atoms with van der Waals surface area (Å²) < 4.78 is 20.1. The van der Waals surface area contributed by atoms with Crippen molar-refractivity contribution in [3.8, 4) is 0 Å². The van der Waals surface area contributed by atoms with Gasteiger partial charge >= 0.3 is 6.09 Å². The number of piperazine rings is 1. The quantitative estimate of drug-likeness (QED) is 0.818. The summed E-state index contributed by atoms with van der Waals surface area (Å²) in [5.74, 6) is -0.550. The Morgan fingerprint density at radius 3 is 2.43 bits per heavy atom. The first-order valence-electron chi connectivity index (χ1n) is 10.1. The summed E-state index contributed by atoms with van der Waals surface area (Å²) >= 11 is 0. The monoisotopic (exact) mass is 412 g/mol. The fourth-order valence-corrected chi connectivity index (χ4v) is 3.86. The van der Waals surface area contributed by atoms with E-state index in [-0.39, 0.29) is 24.8 Å². The van der Waals surface area contributed by atoms with Crippen LogP contribution < -0.4 is 20.0 Å². The molecule has 8 heteroatoms. The van der Waals surface area contributed by atoms with E-state index >= 15 is 0 Å². The Kier molecular flexibility index (Phi) is 5.74. The van der Waals surface area contributed by atoms with E-state index in [0.29, 0.717) is 11.4 Å². The lowest BCUT2D eigenvalue weighted by Gasteiger charge is -2.37. The summed E-state index contributed by atoms with van der Waals surface area (Å²) in [6.07, 6.45) is -0.982. The first-order chi connectivity index (χ1) is 14.5. The van der Waals surface area contributed by atoms with Crippen LogP contribution >= 0.6 is 0 Å². The predicted octanol–water partition coefficient (Wildman–Crippen LogP) is 2.61. The molecule has 2 aromatic carbocycles. The number of hydrogen-bond acceptors (Lipinski definition) is 5. The molecule has 2 aromatic rings. The van der Waals surface area contributed by atoms with Crippen molar-refractivity contribution < 1.29 is 18.7 Å². The zero-order valence-corrected chi connectivity index (χ0v) is 16.9. The van der Waals surface area contributed by atoms with Gasteiger partial charge in [-0.25, -0.2) is 9.18 Å². The van der Waals surface area contributed by atoms with E-state index in [0.717, 1.165) is 26.2 Å². The second-order valence-electron chi connectivity index (χ2n) is 7.50. The molecule has 0 bridgehead atoms. The average Bonchev–Trinajstić information content (AvgIpc) is 3.13. The van der Waals surface area contributed by atoms with Gasteiger partial charge in [-0.2, -0.15) is 0 Å². The molecule has 30 heavy (non-hydrogen) atoms. The minimum Gasteiger partial charge on any atom is -0.442 e. The molecular weight excluding hydrogens is 387 g/mol. The third kappa shape index (κ3) is 4.32. The summed E-state index contributed by atoms with van der Waals surface area (Å²) in [6, 6.07) is 15.0. The number of halogens is 1. The molecule has 158 valence electrons. The molecular formula is C22H25FN4O3. The van der Waals surface area contributed by atoms with Crippen molar-refractivity contribution in [2.45, 2.75) is 13.0 Å². The van der Waals surface area contributed by atoms with Gasteiger partial charge < -0.3 is 19.9 Å². The Hall–Kier alpha value is -3.29. The highest BCUT2D eigenvalue weighted by atomic mass is 19.1. The fourth-order valence-electron chi connectivity index (χ4n) is 3.86. The Balaban J connectivity index is 1.39. The summed E-state index contributed by atoms with van der Waals surface area (Å²) in [7, 11) is 0. The average molecular weight is 412 g/mol. The first kappa shape index (κ1) is 20.0. The van der Waals surface area contributed by atoms with E-state index in [4.69, 9.17) is 4.74 Å². The van der Waals surface area contributed by atoms with Crippen molar-refractivity contribution in [1.82, 2.24) is 5.32 Å². The summed E-state index contributed by atoms with van der Waals surface area (Å²) in [5.41, 5.74) is 2.16. The molecule has 2 aliphatic rings. The van der Waals surface area contributed by atoms with Crippen LogP contribution in [-0.2, 0) is 9.53 Å². The molecule has 2 aliphatic heterocycles. The van der Waals surface area contributed by atoms with Gasteiger partial charge in [0.1, 0.15) is 11.9 Å². The van der Waals surface area contributed by atoms with Crippen molar-refractivity contribution in [1.29, 1.82) is 0 Å². The number of para-hydroxylation sites is 1. The lowest BCUT2D eigenvalue weighted by molar-refractivity contribution is -0.119. The number of nitrogens with zero attached hydrogens (tertiary/aromatic N) is 3. The zero-order valence-electron chi connectivity index (χ0n) is 16.9. The number of ether oxygens (including phenoxy) is 1. The van der Waals surface area contributed by atoms with Crippen LogP contribution in [0.3, 0.4) is 0 Å². The molecule has 0 aromatic heterocycles. The van der Waals surface area contributed by atoms with Crippen molar-refractivity contribution in [3.05, 3.63) is 54.3 Å². The molecule has 2 heterocycles. The lowest BCUT2D eigenvalue weighted by Crippen LogP contribution is -2.46. The maximum absolute atomic E-state index is 14.9.